The van der Waals surface area contributed by atoms with Gasteiger partial charge in [0.1, 0.15) is 0 Å². The molecule has 1 unspecified atom stereocenters. The van der Waals surface area contributed by atoms with Crippen LogP contribution in [0.1, 0.15) is 35.7 Å². The molecule has 0 aliphatic carbocycles. The lowest BCUT2D eigenvalue weighted by Gasteiger charge is -2.21. The van der Waals surface area contributed by atoms with Crippen molar-refractivity contribution in [3.63, 3.8) is 0 Å². The van der Waals surface area contributed by atoms with E-state index in [0.29, 0.717) is 23.2 Å². The van der Waals surface area contributed by atoms with E-state index in [0.717, 1.165) is 30.6 Å². The van der Waals surface area contributed by atoms with Crippen LogP contribution in [0.4, 0.5) is 0 Å². The summed E-state index contributed by atoms with van der Waals surface area (Å²) in [7, 11) is 0. The van der Waals surface area contributed by atoms with Crippen LogP contribution in [0.2, 0.25) is 0 Å². The molecule has 0 bridgehead atoms. The fourth-order valence-corrected chi connectivity index (χ4v) is 3.18. The Kier molecular flexibility index (Phi) is 3.18. The summed E-state index contributed by atoms with van der Waals surface area (Å²) in [5, 5.41) is 4.45. The number of carbonyl (C=O) groups excluding carboxylic acids is 1. The number of carbonyl (C=O) groups is 1. The molecular formula is C17H18N4O2. The highest BCUT2D eigenvalue weighted by atomic mass is 16.3. The smallest absolute Gasteiger partial charge is 0.255 e. The van der Waals surface area contributed by atoms with Crippen molar-refractivity contribution in [1.82, 2.24) is 19.5 Å². The van der Waals surface area contributed by atoms with E-state index in [1.54, 1.807) is 23.0 Å². The van der Waals surface area contributed by atoms with Crippen molar-refractivity contribution >= 4 is 11.6 Å². The number of rotatable bonds is 2. The van der Waals surface area contributed by atoms with Gasteiger partial charge in [-0.15, -0.1) is 5.10 Å². The molecule has 1 atom stereocenters. The molecule has 0 N–H and O–H groups in total. The second-order valence-electron chi connectivity index (χ2n) is 6.08. The molecule has 118 valence electrons. The number of aromatic nitrogens is 3. The van der Waals surface area contributed by atoms with Crippen LogP contribution in [-0.4, -0.2) is 38.0 Å². The third-order valence-corrected chi connectivity index (χ3v) is 4.42. The second kappa shape index (κ2) is 5.22. The minimum Gasteiger partial charge on any atom is -0.461 e. The van der Waals surface area contributed by atoms with Crippen LogP contribution in [0.3, 0.4) is 0 Å². The highest BCUT2D eigenvalue weighted by Gasteiger charge is 2.26. The number of likely N-dealkylation sites (tertiary alicyclic amines) is 1. The number of furan rings is 1. The summed E-state index contributed by atoms with van der Waals surface area (Å²) in [5.41, 5.74) is 2.31. The van der Waals surface area contributed by atoms with Gasteiger partial charge in [0.25, 0.3) is 5.91 Å². The Morgan fingerprint density at radius 1 is 1.43 bits per heavy atom. The molecule has 4 rings (SSSR count). The number of hydrogen-bond donors (Lipinski definition) is 0. The van der Waals surface area contributed by atoms with Crippen LogP contribution in [0, 0.1) is 6.92 Å². The lowest BCUT2D eigenvalue weighted by molar-refractivity contribution is 0.0746. The van der Waals surface area contributed by atoms with Crippen LogP contribution in [0.25, 0.3) is 17.2 Å². The zero-order valence-corrected chi connectivity index (χ0v) is 13.2. The quantitative estimate of drug-likeness (QED) is 0.730. The molecule has 1 amide bonds. The number of hydrogen-bond acceptors (Lipinski definition) is 4. The summed E-state index contributed by atoms with van der Waals surface area (Å²) >= 11 is 0. The molecule has 6 heteroatoms. The Hall–Kier alpha value is -2.63. The van der Waals surface area contributed by atoms with Gasteiger partial charge in [0, 0.05) is 18.8 Å². The van der Waals surface area contributed by atoms with E-state index in [-0.39, 0.29) is 5.91 Å². The minimum atomic E-state index is 0.0649. The summed E-state index contributed by atoms with van der Waals surface area (Å²) < 4.78 is 7.02. The largest absolute Gasteiger partial charge is 0.461 e. The molecule has 3 aromatic heterocycles. The zero-order valence-electron chi connectivity index (χ0n) is 13.2. The minimum absolute atomic E-state index is 0.0649. The summed E-state index contributed by atoms with van der Waals surface area (Å²) in [6.45, 7) is 4.87. The predicted octanol–water partition coefficient (Wildman–Crippen LogP) is 2.92. The number of pyridine rings is 1. The average Bonchev–Trinajstić information content (AvgIpc) is 3.25. The molecule has 6 nitrogen and oxygen atoms in total. The number of amides is 1. The maximum absolute atomic E-state index is 12.7. The van der Waals surface area contributed by atoms with E-state index in [1.165, 1.54) is 0 Å². The number of nitrogens with zero attached hydrogens (tertiary/aromatic N) is 4. The van der Waals surface area contributed by atoms with E-state index in [9.17, 15) is 4.79 Å². The maximum Gasteiger partial charge on any atom is 0.255 e. The van der Waals surface area contributed by atoms with Crippen molar-refractivity contribution in [2.24, 2.45) is 0 Å². The van der Waals surface area contributed by atoms with Gasteiger partial charge in [-0.1, -0.05) is 0 Å². The Balaban J connectivity index is 1.76. The van der Waals surface area contributed by atoms with Crippen molar-refractivity contribution in [1.29, 1.82) is 0 Å². The predicted molar refractivity (Wildman–Crippen MR) is 85.2 cm³/mol. The second-order valence-corrected chi connectivity index (χ2v) is 6.08. The molecule has 1 fully saturated rings. The van der Waals surface area contributed by atoms with Crippen molar-refractivity contribution in [3.8, 4) is 11.6 Å². The molecule has 23 heavy (non-hydrogen) atoms. The first-order valence-electron chi connectivity index (χ1n) is 7.85. The van der Waals surface area contributed by atoms with Gasteiger partial charge in [0.2, 0.25) is 5.82 Å². The van der Waals surface area contributed by atoms with Gasteiger partial charge in [0.05, 0.1) is 11.8 Å². The van der Waals surface area contributed by atoms with E-state index >= 15 is 0 Å². The summed E-state index contributed by atoms with van der Waals surface area (Å²) in [5.74, 6) is 1.21. The SMILES string of the molecule is Cc1cc(C(=O)N2CCCC2C)cn2nc(-c3ccco3)nc12. The summed E-state index contributed by atoms with van der Waals surface area (Å²) in [4.78, 5) is 19.2. The van der Waals surface area contributed by atoms with Gasteiger partial charge in [-0.3, -0.25) is 4.79 Å². The van der Waals surface area contributed by atoms with Gasteiger partial charge in [-0.25, -0.2) is 9.50 Å². The summed E-state index contributed by atoms with van der Waals surface area (Å²) in [6.07, 6.45) is 5.49. The third-order valence-electron chi connectivity index (χ3n) is 4.42. The van der Waals surface area contributed by atoms with Crippen LogP contribution in [-0.2, 0) is 0 Å². The first-order valence-corrected chi connectivity index (χ1v) is 7.85. The Bertz CT molecular complexity index is 866. The van der Waals surface area contributed by atoms with Gasteiger partial charge in [0.15, 0.2) is 11.4 Å². The average molecular weight is 310 g/mol. The lowest BCUT2D eigenvalue weighted by atomic mass is 10.1. The molecule has 0 aromatic carbocycles. The van der Waals surface area contributed by atoms with Gasteiger partial charge in [-0.05, 0) is 50.5 Å². The summed E-state index contributed by atoms with van der Waals surface area (Å²) in [6, 6.07) is 5.82. The molecule has 3 aromatic rings. The topological polar surface area (TPSA) is 63.6 Å². The van der Waals surface area contributed by atoms with Gasteiger partial charge in [-0.2, -0.15) is 0 Å². The molecule has 1 aliphatic rings. The first-order chi connectivity index (χ1) is 11.1. The van der Waals surface area contributed by atoms with Crippen molar-refractivity contribution in [3.05, 3.63) is 41.8 Å². The Labute approximate surface area is 133 Å². The number of aryl methyl sites for hydroxylation is 1. The lowest BCUT2D eigenvalue weighted by Crippen LogP contribution is -2.33. The van der Waals surface area contributed by atoms with Crippen molar-refractivity contribution in [2.75, 3.05) is 6.54 Å². The third kappa shape index (κ3) is 2.30. The van der Waals surface area contributed by atoms with Crippen molar-refractivity contribution < 1.29 is 9.21 Å². The Morgan fingerprint density at radius 3 is 3.00 bits per heavy atom. The Morgan fingerprint density at radius 2 is 2.30 bits per heavy atom. The molecule has 0 radical (unpaired) electrons. The maximum atomic E-state index is 12.7. The molecule has 0 spiro atoms. The zero-order chi connectivity index (χ0) is 16.0. The molecule has 1 aliphatic heterocycles. The monoisotopic (exact) mass is 310 g/mol. The number of fused-ring (bicyclic) bond motifs is 1. The normalized spacial score (nSPS) is 18.0. The van der Waals surface area contributed by atoms with E-state index < -0.39 is 0 Å². The molecular weight excluding hydrogens is 292 g/mol. The molecule has 4 heterocycles. The van der Waals surface area contributed by atoms with E-state index in [1.807, 2.05) is 24.0 Å². The van der Waals surface area contributed by atoms with Crippen LogP contribution in [0.15, 0.2) is 35.1 Å². The first kappa shape index (κ1) is 14.0. The van der Waals surface area contributed by atoms with E-state index in [4.69, 9.17) is 4.42 Å². The van der Waals surface area contributed by atoms with Crippen molar-refractivity contribution in [2.45, 2.75) is 32.7 Å². The van der Waals surface area contributed by atoms with Gasteiger partial charge >= 0.3 is 0 Å². The standard InChI is InChI=1S/C17H18N4O2/c1-11-9-13(17(22)20-7-3-5-12(20)2)10-21-16(11)18-15(19-21)14-6-4-8-23-14/h4,6,8-10,12H,3,5,7H2,1-2H3. The van der Waals surface area contributed by atoms with E-state index in [2.05, 4.69) is 17.0 Å². The van der Waals surface area contributed by atoms with Crippen LogP contribution < -0.4 is 0 Å². The van der Waals surface area contributed by atoms with Gasteiger partial charge < -0.3 is 9.32 Å². The molecule has 1 saturated heterocycles. The fraction of sp³-hybridized carbons (Fsp3) is 0.353. The fourth-order valence-electron chi connectivity index (χ4n) is 3.18. The van der Waals surface area contributed by atoms with Crippen LogP contribution >= 0.6 is 0 Å². The molecule has 0 saturated carbocycles. The highest BCUT2D eigenvalue weighted by Crippen LogP contribution is 2.22. The van der Waals surface area contributed by atoms with Crippen LogP contribution in [0.5, 0.6) is 0 Å². The highest BCUT2D eigenvalue weighted by molar-refractivity contribution is 5.95.